The summed E-state index contributed by atoms with van der Waals surface area (Å²) in [4.78, 5) is 6.07. The Hall–Kier alpha value is -1.55. The molecule has 0 spiro atoms. The number of hydrogen-bond acceptors (Lipinski definition) is 2. The van der Waals surface area contributed by atoms with Gasteiger partial charge in [-0.25, -0.2) is 9.18 Å². The smallest absolute Gasteiger partial charge is 0.441 e. The predicted molar refractivity (Wildman–Crippen MR) is 44.1 cm³/mol. The summed E-state index contributed by atoms with van der Waals surface area (Å²) in [5.74, 6) is -19.3. The number of carboxylic acid groups (broad SMARTS) is 1. The molecule has 0 aromatic rings. The third-order valence-corrected chi connectivity index (χ3v) is 3.09. The van der Waals surface area contributed by atoms with Crippen LogP contribution in [0.25, 0.3) is 0 Å². The molecule has 3 nitrogen and oxygen atoms in total. The van der Waals surface area contributed by atoms with E-state index in [1.165, 1.54) is 0 Å². The van der Waals surface area contributed by atoms with Crippen LogP contribution in [0.4, 0.5) is 61.5 Å². The molecule has 0 radical (unpaired) electrons. The first kappa shape index (κ1) is 21.5. The Balaban J connectivity index is 3.86. The van der Waals surface area contributed by atoms with E-state index in [0.717, 1.165) is 0 Å². The molecule has 1 N–H and O–H groups in total. The fourth-order valence-electron chi connectivity index (χ4n) is 1.76. The van der Waals surface area contributed by atoms with Crippen LogP contribution in [0.5, 0.6) is 0 Å². The number of hydrogen-bond donors (Lipinski definition) is 1. The van der Waals surface area contributed by atoms with Crippen molar-refractivity contribution in [2.45, 2.75) is 41.8 Å². The van der Waals surface area contributed by atoms with E-state index in [-0.39, 0.29) is 0 Å². The molecule has 25 heavy (non-hydrogen) atoms. The van der Waals surface area contributed by atoms with E-state index in [2.05, 4.69) is 0 Å². The van der Waals surface area contributed by atoms with Gasteiger partial charge in [0.1, 0.15) is 0 Å². The zero-order valence-electron chi connectivity index (χ0n) is 10.6. The molecule has 0 bridgehead atoms. The van der Waals surface area contributed by atoms with Crippen molar-refractivity contribution in [1.82, 2.24) is 4.90 Å². The van der Waals surface area contributed by atoms with E-state index in [9.17, 15) is 66.3 Å². The third kappa shape index (κ3) is 2.06. The second-order valence-electron chi connectivity index (χ2n) is 4.57. The lowest BCUT2D eigenvalue weighted by Gasteiger charge is -2.40. The van der Waals surface area contributed by atoms with Gasteiger partial charge in [0.2, 0.25) is 0 Å². The number of nitrogens with zero attached hydrogens (tertiary/aromatic N) is 1. The van der Waals surface area contributed by atoms with Crippen molar-refractivity contribution in [3.8, 4) is 0 Å². The minimum Gasteiger partial charge on any atom is -0.478 e. The topological polar surface area (TPSA) is 40.5 Å². The van der Waals surface area contributed by atoms with Gasteiger partial charge in [0.05, 0.1) is 0 Å². The zero-order valence-corrected chi connectivity index (χ0v) is 10.6. The van der Waals surface area contributed by atoms with Crippen molar-refractivity contribution in [2.24, 2.45) is 0 Å². The van der Waals surface area contributed by atoms with Gasteiger partial charge >= 0.3 is 47.8 Å². The Kier molecular flexibility index (Phi) is 4.12. The second-order valence-corrected chi connectivity index (χ2v) is 4.57. The molecule has 0 aromatic heterocycles. The van der Waals surface area contributed by atoms with E-state index < -0.39 is 52.7 Å². The molecule has 0 aliphatic carbocycles. The number of carboxylic acids is 1. The third-order valence-electron chi connectivity index (χ3n) is 3.09. The van der Waals surface area contributed by atoms with Crippen molar-refractivity contribution >= 4 is 5.97 Å². The van der Waals surface area contributed by atoms with Crippen LogP contribution in [-0.2, 0) is 4.79 Å². The first-order valence-corrected chi connectivity index (χ1v) is 5.24. The van der Waals surface area contributed by atoms with E-state index >= 15 is 0 Å². The summed E-state index contributed by atoms with van der Waals surface area (Å²) < 4.78 is 180. The minimum absolute atomic E-state index is 4.07. The minimum atomic E-state index is -7.80. The van der Waals surface area contributed by atoms with Crippen molar-refractivity contribution in [1.29, 1.82) is 0 Å². The molecule has 1 fully saturated rings. The van der Waals surface area contributed by atoms with E-state index in [1.54, 1.807) is 0 Å². The molecule has 1 rings (SSSR count). The number of carbonyl (C=O) groups is 1. The molecule has 1 aliphatic rings. The molecular formula is C8HF14NO2. The predicted octanol–water partition coefficient (Wildman–Crippen LogP) is 3.71. The molecule has 148 valence electrons. The summed E-state index contributed by atoms with van der Waals surface area (Å²) in [6.07, 6.45) is -7.46. The van der Waals surface area contributed by atoms with Gasteiger partial charge in [-0.3, -0.25) is 0 Å². The summed E-state index contributed by atoms with van der Waals surface area (Å²) in [7, 11) is 0. The van der Waals surface area contributed by atoms with Crippen LogP contribution in [0.2, 0.25) is 0 Å². The zero-order chi connectivity index (χ0) is 20.7. The Morgan fingerprint density at radius 2 is 1.00 bits per heavy atom. The highest BCUT2D eigenvalue weighted by Crippen LogP contribution is 2.67. The number of aliphatic carboxylic acids is 1. The van der Waals surface area contributed by atoms with Crippen LogP contribution in [0.1, 0.15) is 0 Å². The standard InChI is InChI=1S/C8HF14NO2/c9-2(1(24)25,5(14,15)16)6(17,18)23-7(19,20)3(10,11)4(12,13)8(23,21)22/h(H,24,25). The summed E-state index contributed by atoms with van der Waals surface area (Å²) in [6.45, 7) is 0. The molecule has 17 heteroatoms. The first-order valence-electron chi connectivity index (χ1n) is 5.24. The molecule has 0 saturated carbocycles. The number of rotatable bonds is 3. The van der Waals surface area contributed by atoms with Crippen molar-refractivity contribution in [3.63, 3.8) is 0 Å². The van der Waals surface area contributed by atoms with Crippen LogP contribution < -0.4 is 0 Å². The van der Waals surface area contributed by atoms with E-state index in [4.69, 9.17) is 5.11 Å². The van der Waals surface area contributed by atoms with Gasteiger partial charge < -0.3 is 5.11 Å². The monoisotopic (exact) mass is 409 g/mol. The van der Waals surface area contributed by atoms with Gasteiger partial charge in [0.25, 0.3) is 0 Å². The average Bonchev–Trinajstić information content (AvgIpc) is 2.40. The molecule has 0 aromatic carbocycles. The fraction of sp³-hybridized carbons (Fsp3) is 0.875. The number of halogens is 14. The second kappa shape index (κ2) is 4.79. The molecule has 1 saturated heterocycles. The maximum absolute atomic E-state index is 13.4. The van der Waals surface area contributed by atoms with Crippen molar-refractivity contribution < 1.29 is 71.4 Å². The lowest BCUT2D eigenvalue weighted by molar-refractivity contribution is -0.415. The lowest BCUT2D eigenvalue weighted by Crippen LogP contribution is -2.72. The van der Waals surface area contributed by atoms with Gasteiger partial charge in [-0.1, -0.05) is 0 Å². The molecule has 1 aliphatic heterocycles. The largest absolute Gasteiger partial charge is 0.478 e. The summed E-state index contributed by atoms with van der Waals surface area (Å²) in [6, 6.07) is -22.8. The van der Waals surface area contributed by atoms with Gasteiger partial charge in [0, 0.05) is 0 Å². The average molecular weight is 409 g/mol. The van der Waals surface area contributed by atoms with Gasteiger partial charge in [-0.05, 0) is 0 Å². The van der Waals surface area contributed by atoms with Crippen molar-refractivity contribution in [2.75, 3.05) is 0 Å². The van der Waals surface area contributed by atoms with Gasteiger partial charge in [-0.15, -0.1) is 4.90 Å². The SMILES string of the molecule is O=C(O)C(F)(C(F)(F)F)C(F)(F)N1C(F)(F)C(F)(F)C(F)(F)C1(F)F. The Morgan fingerprint density at radius 1 is 0.720 bits per heavy atom. The van der Waals surface area contributed by atoms with Crippen LogP contribution in [-0.4, -0.2) is 57.8 Å². The fourth-order valence-corrected chi connectivity index (χ4v) is 1.76. The lowest BCUT2D eigenvalue weighted by atomic mass is 10.0. The van der Waals surface area contributed by atoms with Gasteiger partial charge in [-0.2, -0.15) is 57.1 Å². The number of alkyl halides is 14. The summed E-state index contributed by atoms with van der Waals surface area (Å²) >= 11 is 0. The highest BCUT2D eigenvalue weighted by Gasteiger charge is 2.99. The van der Waals surface area contributed by atoms with Crippen molar-refractivity contribution in [3.05, 3.63) is 0 Å². The highest BCUT2D eigenvalue weighted by atomic mass is 19.4. The van der Waals surface area contributed by atoms with Crippen LogP contribution in [0, 0.1) is 0 Å². The summed E-state index contributed by atoms with van der Waals surface area (Å²) in [5.41, 5.74) is -7.37. The maximum Gasteiger partial charge on any atom is 0.441 e. The Labute approximate surface area is 125 Å². The van der Waals surface area contributed by atoms with E-state index in [0.29, 0.717) is 0 Å². The quantitative estimate of drug-likeness (QED) is 0.571. The molecule has 1 atom stereocenters. The molecular weight excluding hydrogens is 408 g/mol. The Bertz CT molecular complexity index is 556. The molecule has 1 unspecified atom stereocenters. The van der Waals surface area contributed by atoms with E-state index in [1.807, 2.05) is 0 Å². The number of likely N-dealkylation sites (tertiary alicyclic amines) is 1. The summed E-state index contributed by atoms with van der Waals surface area (Å²) in [5, 5.41) is 7.90. The highest BCUT2D eigenvalue weighted by molar-refractivity contribution is 5.80. The maximum atomic E-state index is 13.4. The van der Waals surface area contributed by atoms with Crippen LogP contribution in [0.3, 0.4) is 0 Å². The van der Waals surface area contributed by atoms with Crippen LogP contribution >= 0.6 is 0 Å². The molecule has 0 amide bonds. The van der Waals surface area contributed by atoms with Gasteiger partial charge in [0.15, 0.2) is 0 Å². The Morgan fingerprint density at radius 3 is 1.20 bits per heavy atom. The van der Waals surface area contributed by atoms with Crippen LogP contribution in [0.15, 0.2) is 0 Å². The first-order chi connectivity index (χ1) is 10.6. The normalized spacial score (nSPS) is 27.8. The molecule has 1 heterocycles.